The molecule has 0 radical (unpaired) electrons. The van der Waals surface area contributed by atoms with Crippen molar-refractivity contribution in [2.45, 2.75) is 43.8 Å². The van der Waals surface area contributed by atoms with Crippen molar-refractivity contribution in [2.75, 3.05) is 25.0 Å². The Bertz CT molecular complexity index is 1090. The molecule has 2 N–H and O–H groups in total. The molecule has 8 nitrogen and oxygen atoms in total. The Morgan fingerprint density at radius 1 is 1.19 bits per heavy atom. The maximum atomic E-state index is 12.9. The molecule has 0 amide bonds. The Labute approximate surface area is 189 Å². The van der Waals surface area contributed by atoms with Gasteiger partial charge < -0.3 is 15.3 Å². The van der Waals surface area contributed by atoms with Gasteiger partial charge in [-0.3, -0.25) is 0 Å². The highest BCUT2D eigenvalue weighted by atomic mass is 32.2. The lowest BCUT2D eigenvalue weighted by Crippen LogP contribution is -2.38. The number of sulfonamides is 1. The fourth-order valence-corrected chi connectivity index (χ4v) is 4.66. The van der Waals surface area contributed by atoms with Gasteiger partial charge in [-0.25, -0.2) is 8.42 Å². The average molecular weight is 457 g/mol. The first-order valence-corrected chi connectivity index (χ1v) is 11.8. The highest BCUT2D eigenvalue weighted by Gasteiger charge is 2.28. The zero-order valence-electron chi connectivity index (χ0n) is 18.3. The normalized spacial score (nSPS) is 15.1. The van der Waals surface area contributed by atoms with Crippen LogP contribution in [0.15, 0.2) is 58.6 Å². The first-order valence-electron chi connectivity index (χ1n) is 10.4. The number of benzene rings is 2. The van der Waals surface area contributed by atoms with E-state index in [-0.39, 0.29) is 11.5 Å². The Balaban J connectivity index is 1.53. The summed E-state index contributed by atoms with van der Waals surface area (Å²) in [6, 6.07) is 15.8. The van der Waals surface area contributed by atoms with Crippen molar-refractivity contribution in [1.29, 1.82) is 5.26 Å². The monoisotopic (exact) mass is 456 g/mol. The van der Waals surface area contributed by atoms with E-state index in [2.05, 4.69) is 16.5 Å². The molecule has 0 bridgehead atoms. The molecule has 0 atom stereocenters. The molecular formula is C23H28N4O4S. The van der Waals surface area contributed by atoms with Crippen LogP contribution >= 0.6 is 0 Å². The van der Waals surface area contributed by atoms with Gasteiger partial charge in [-0.2, -0.15) is 9.57 Å². The third-order valence-corrected chi connectivity index (χ3v) is 6.91. The van der Waals surface area contributed by atoms with Gasteiger partial charge in [0.1, 0.15) is 6.61 Å². The van der Waals surface area contributed by atoms with E-state index in [1.807, 2.05) is 6.07 Å². The zero-order valence-corrected chi connectivity index (χ0v) is 19.1. The molecule has 32 heavy (non-hydrogen) atoms. The van der Waals surface area contributed by atoms with Gasteiger partial charge in [0.05, 0.1) is 27.8 Å². The fourth-order valence-electron chi connectivity index (χ4n) is 3.22. The maximum absolute atomic E-state index is 12.9. The lowest BCUT2D eigenvalue weighted by molar-refractivity contribution is 0.0945. The van der Waals surface area contributed by atoms with Crippen LogP contribution in [0.1, 0.15) is 37.8 Å². The van der Waals surface area contributed by atoms with Crippen molar-refractivity contribution in [2.24, 2.45) is 5.16 Å². The molecule has 0 aliphatic carbocycles. The van der Waals surface area contributed by atoms with Gasteiger partial charge in [0.15, 0.2) is 0 Å². The van der Waals surface area contributed by atoms with Gasteiger partial charge in [-0.1, -0.05) is 17.3 Å². The minimum atomic E-state index is -3.59. The first kappa shape index (κ1) is 23.7. The summed E-state index contributed by atoms with van der Waals surface area (Å²) in [5, 5.41) is 26.0. The minimum absolute atomic E-state index is 0.236. The van der Waals surface area contributed by atoms with Gasteiger partial charge in [0, 0.05) is 38.2 Å². The summed E-state index contributed by atoms with van der Waals surface area (Å²) in [6.45, 7) is 4.70. The van der Waals surface area contributed by atoms with E-state index in [9.17, 15) is 13.5 Å². The topological polar surface area (TPSA) is 115 Å². The molecule has 0 unspecified atom stereocenters. The molecule has 1 saturated heterocycles. The van der Waals surface area contributed by atoms with Crippen LogP contribution < -0.4 is 5.32 Å². The number of nitriles is 1. The smallest absolute Gasteiger partial charge is 0.243 e. The van der Waals surface area contributed by atoms with Crippen molar-refractivity contribution in [3.8, 4) is 6.07 Å². The molecule has 2 aromatic carbocycles. The van der Waals surface area contributed by atoms with Crippen molar-refractivity contribution in [1.82, 2.24) is 4.31 Å². The van der Waals surface area contributed by atoms with Crippen molar-refractivity contribution >= 4 is 21.4 Å². The quantitative estimate of drug-likeness (QED) is 0.590. The number of oxime groups is 1. The second kappa shape index (κ2) is 10.1. The van der Waals surface area contributed by atoms with E-state index in [1.54, 1.807) is 56.3 Å². The van der Waals surface area contributed by atoms with Crippen LogP contribution in [0.3, 0.4) is 0 Å². The van der Waals surface area contributed by atoms with Gasteiger partial charge >= 0.3 is 0 Å². The average Bonchev–Trinajstić information content (AvgIpc) is 2.78. The van der Waals surface area contributed by atoms with Crippen LogP contribution in [0.2, 0.25) is 0 Å². The Morgan fingerprint density at radius 3 is 2.50 bits per heavy atom. The Hall–Kier alpha value is -2.93. The van der Waals surface area contributed by atoms with Crippen LogP contribution in [-0.4, -0.2) is 48.8 Å². The van der Waals surface area contributed by atoms with Gasteiger partial charge in [-0.05, 0) is 55.8 Å². The molecule has 1 fully saturated rings. The van der Waals surface area contributed by atoms with Gasteiger partial charge in [-0.15, -0.1) is 0 Å². The van der Waals surface area contributed by atoms with Crippen molar-refractivity contribution < 1.29 is 18.4 Å². The van der Waals surface area contributed by atoms with Crippen LogP contribution in [0.5, 0.6) is 0 Å². The van der Waals surface area contributed by atoms with Crippen LogP contribution in [0.25, 0.3) is 0 Å². The van der Waals surface area contributed by atoms with Crippen molar-refractivity contribution in [3.05, 3.63) is 59.7 Å². The minimum Gasteiger partial charge on any atom is -0.391 e. The van der Waals surface area contributed by atoms with E-state index in [0.29, 0.717) is 38.0 Å². The summed E-state index contributed by atoms with van der Waals surface area (Å²) >= 11 is 0. The molecule has 9 heteroatoms. The number of aliphatic hydroxyl groups is 1. The molecule has 0 spiro atoms. The molecule has 0 saturated carbocycles. The number of anilines is 1. The van der Waals surface area contributed by atoms with Crippen molar-refractivity contribution in [3.63, 3.8) is 0 Å². The number of rotatable bonds is 8. The first-order chi connectivity index (χ1) is 15.2. The highest BCUT2D eigenvalue weighted by Crippen LogP contribution is 2.22. The molecule has 2 aromatic rings. The summed E-state index contributed by atoms with van der Waals surface area (Å²) in [6.07, 6.45) is 1.01. The van der Waals surface area contributed by atoms with E-state index in [1.165, 1.54) is 4.31 Å². The maximum Gasteiger partial charge on any atom is 0.243 e. The molecule has 1 aliphatic rings. The van der Waals surface area contributed by atoms with Crippen LogP contribution in [0.4, 0.5) is 5.69 Å². The van der Waals surface area contributed by atoms with E-state index < -0.39 is 15.6 Å². The fraction of sp³-hybridized carbons (Fsp3) is 0.391. The Kier molecular flexibility index (Phi) is 7.51. The number of nitrogens with zero attached hydrogens (tertiary/aromatic N) is 3. The van der Waals surface area contributed by atoms with Gasteiger partial charge in [0.25, 0.3) is 0 Å². The second-order valence-corrected chi connectivity index (χ2v) is 10.3. The standard InChI is InChI=1S/C23H28N4O4S/c1-23(2,28)17-25-20-6-8-22(9-7-20)32(29,30)27-12-10-21(11-13-27)26-31-16-19-5-3-4-18(14-19)15-24/h3-9,14,25,28H,10-13,16-17H2,1-2H3. The van der Waals surface area contributed by atoms with Gasteiger partial charge in [0.2, 0.25) is 10.0 Å². The van der Waals surface area contributed by atoms with Crippen LogP contribution in [0, 0.1) is 11.3 Å². The molecule has 1 heterocycles. The number of piperidine rings is 1. The van der Waals surface area contributed by atoms with E-state index in [0.717, 1.165) is 17.0 Å². The number of hydrogen-bond donors (Lipinski definition) is 2. The number of hydrogen-bond acceptors (Lipinski definition) is 7. The number of nitrogens with one attached hydrogen (secondary N) is 1. The highest BCUT2D eigenvalue weighted by molar-refractivity contribution is 7.89. The van der Waals surface area contributed by atoms with Crippen LogP contribution in [-0.2, 0) is 21.5 Å². The zero-order chi connectivity index (χ0) is 23.2. The predicted molar refractivity (Wildman–Crippen MR) is 123 cm³/mol. The summed E-state index contributed by atoms with van der Waals surface area (Å²) < 4.78 is 27.4. The summed E-state index contributed by atoms with van der Waals surface area (Å²) in [4.78, 5) is 5.65. The third kappa shape index (κ3) is 6.53. The SMILES string of the molecule is CC(C)(O)CNc1ccc(S(=O)(=O)N2CCC(=NOCc3cccc(C#N)c3)CC2)cc1. The second-order valence-electron chi connectivity index (χ2n) is 8.34. The lowest BCUT2D eigenvalue weighted by atomic mass is 10.1. The molecule has 170 valence electrons. The lowest BCUT2D eigenvalue weighted by Gasteiger charge is -2.26. The summed E-state index contributed by atoms with van der Waals surface area (Å²) in [5.41, 5.74) is 2.13. The molecule has 0 aromatic heterocycles. The summed E-state index contributed by atoms with van der Waals surface area (Å²) in [5.74, 6) is 0. The largest absolute Gasteiger partial charge is 0.391 e. The summed E-state index contributed by atoms with van der Waals surface area (Å²) in [7, 11) is -3.59. The van der Waals surface area contributed by atoms with E-state index in [4.69, 9.17) is 10.1 Å². The predicted octanol–water partition coefficient (Wildman–Crippen LogP) is 3.10. The molecular weight excluding hydrogens is 428 g/mol. The molecule has 1 aliphatic heterocycles. The van der Waals surface area contributed by atoms with E-state index >= 15 is 0 Å². The Morgan fingerprint density at radius 2 is 1.88 bits per heavy atom. The third-order valence-electron chi connectivity index (χ3n) is 5.00. The molecule has 3 rings (SSSR count).